The molecule has 6 atom stereocenters. The van der Waals surface area contributed by atoms with E-state index in [1.54, 1.807) is 11.8 Å². The van der Waals surface area contributed by atoms with E-state index >= 15 is 0 Å². The van der Waals surface area contributed by atoms with Crippen molar-refractivity contribution in [1.29, 1.82) is 0 Å². The van der Waals surface area contributed by atoms with Crippen LogP contribution in [0.2, 0.25) is 0 Å². The number of nitrogens with zero attached hydrogens (tertiary/aromatic N) is 2. The molecule has 2 aliphatic rings. The highest BCUT2D eigenvalue weighted by molar-refractivity contribution is 6.01. The fourth-order valence-corrected chi connectivity index (χ4v) is 6.39. The second kappa shape index (κ2) is 14.0. The Morgan fingerprint density at radius 1 is 1.08 bits per heavy atom. The molecule has 1 aromatic carbocycles. The van der Waals surface area contributed by atoms with Crippen LogP contribution in [0, 0.1) is 29.6 Å². The normalized spacial score (nSPS) is 25.0. The molecule has 1 aliphatic heterocycles. The van der Waals surface area contributed by atoms with E-state index in [-0.39, 0.29) is 42.8 Å². The van der Waals surface area contributed by atoms with Crippen LogP contribution in [-0.4, -0.2) is 66.2 Å². The van der Waals surface area contributed by atoms with Crippen LogP contribution >= 0.6 is 0 Å². The first-order valence-electron chi connectivity index (χ1n) is 14.7. The van der Waals surface area contributed by atoms with Crippen molar-refractivity contribution < 1.29 is 24.2 Å². The molecule has 2 amide bonds. The van der Waals surface area contributed by atoms with E-state index in [0.717, 1.165) is 31.6 Å². The van der Waals surface area contributed by atoms with E-state index in [0.29, 0.717) is 12.1 Å². The predicted octanol–water partition coefficient (Wildman–Crippen LogP) is 4.49. The highest BCUT2D eigenvalue weighted by Gasteiger charge is 2.58. The summed E-state index contributed by atoms with van der Waals surface area (Å²) in [4.78, 5) is 45.1. The predicted molar refractivity (Wildman–Crippen MR) is 154 cm³/mol. The Morgan fingerprint density at radius 2 is 1.74 bits per heavy atom. The lowest BCUT2D eigenvalue weighted by molar-refractivity contribution is -0.156. The largest absolute Gasteiger partial charge is 0.466 e. The molecule has 1 aromatic rings. The van der Waals surface area contributed by atoms with Gasteiger partial charge in [-0.25, -0.2) is 0 Å². The third-order valence-corrected chi connectivity index (χ3v) is 8.11. The van der Waals surface area contributed by atoms with Crippen molar-refractivity contribution in [2.75, 3.05) is 36.5 Å². The number of allylic oxidation sites excluding steroid dienone is 1. The van der Waals surface area contributed by atoms with Crippen LogP contribution in [0.3, 0.4) is 0 Å². The van der Waals surface area contributed by atoms with E-state index < -0.39 is 29.8 Å². The van der Waals surface area contributed by atoms with Gasteiger partial charge in [0.25, 0.3) is 0 Å². The number of rotatable bonds is 13. The Kier molecular flexibility index (Phi) is 11.0. The third kappa shape index (κ3) is 6.65. The first kappa shape index (κ1) is 30.7. The molecule has 8 heteroatoms. The van der Waals surface area contributed by atoms with Gasteiger partial charge in [0.05, 0.1) is 31.1 Å². The lowest BCUT2D eigenvalue weighted by atomic mass is 9.69. The minimum Gasteiger partial charge on any atom is -0.466 e. The molecular formula is C31H47N3O5. The molecule has 0 saturated carbocycles. The van der Waals surface area contributed by atoms with Crippen molar-refractivity contribution in [1.82, 2.24) is 4.90 Å². The molecule has 1 heterocycles. The molecule has 216 valence electrons. The average Bonchev–Trinajstić information content (AvgIpc) is 3.21. The van der Waals surface area contributed by atoms with Crippen LogP contribution in [0.1, 0.15) is 60.8 Å². The van der Waals surface area contributed by atoms with Gasteiger partial charge in [0.15, 0.2) is 0 Å². The van der Waals surface area contributed by atoms with Gasteiger partial charge in [0, 0.05) is 30.4 Å². The maximum absolute atomic E-state index is 14.1. The number of aliphatic hydroxyl groups excluding tert-OH is 1. The summed E-state index contributed by atoms with van der Waals surface area (Å²) in [6.45, 7) is 13.8. The second-order valence-corrected chi connectivity index (χ2v) is 11.1. The number of carbonyl (C=O) groups is 3. The number of aliphatic hydroxyl groups is 1. The van der Waals surface area contributed by atoms with Crippen LogP contribution in [0.15, 0.2) is 36.4 Å². The second-order valence-electron chi connectivity index (χ2n) is 11.1. The Hall–Kier alpha value is -2.87. The number of carbonyl (C=O) groups excluding carboxylic acids is 3. The van der Waals surface area contributed by atoms with Crippen molar-refractivity contribution in [3.05, 3.63) is 36.4 Å². The number of likely N-dealkylation sites (tertiary alicyclic amines) is 1. The maximum atomic E-state index is 14.1. The molecule has 3 rings (SSSR count). The summed E-state index contributed by atoms with van der Waals surface area (Å²) >= 11 is 0. The van der Waals surface area contributed by atoms with Gasteiger partial charge in [0.2, 0.25) is 11.8 Å². The zero-order valence-electron chi connectivity index (χ0n) is 24.4. The Morgan fingerprint density at radius 3 is 2.28 bits per heavy atom. The summed E-state index contributed by atoms with van der Waals surface area (Å²) in [5, 5.41) is 13.4. The van der Waals surface area contributed by atoms with Crippen LogP contribution in [0.4, 0.5) is 11.4 Å². The molecule has 1 fully saturated rings. The number of fused-ring (bicyclic) bond motifs is 1. The van der Waals surface area contributed by atoms with Crippen LogP contribution in [0.25, 0.3) is 0 Å². The smallest absolute Gasteiger partial charge is 0.310 e. The first-order chi connectivity index (χ1) is 18.7. The number of amides is 2. The van der Waals surface area contributed by atoms with E-state index in [4.69, 9.17) is 4.74 Å². The van der Waals surface area contributed by atoms with Gasteiger partial charge in [-0.15, -0.1) is 0 Å². The third-order valence-electron chi connectivity index (χ3n) is 8.11. The number of anilines is 2. The minimum atomic E-state index is -0.836. The summed E-state index contributed by atoms with van der Waals surface area (Å²) < 4.78 is 5.44. The highest BCUT2D eigenvalue weighted by atomic mass is 16.5. The van der Waals surface area contributed by atoms with Crippen LogP contribution in [0.5, 0.6) is 0 Å². The number of ether oxygens (including phenoxy) is 1. The zero-order chi connectivity index (χ0) is 28.7. The number of benzene rings is 1. The molecule has 0 radical (unpaired) electrons. The van der Waals surface area contributed by atoms with Crippen molar-refractivity contribution in [3.8, 4) is 0 Å². The van der Waals surface area contributed by atoms with E-state index in [1.165, 1.54) is 0 Å². The molecule has 0 unspecified atom stereocenters. The maximum Gasteiger partial charge on any atom is 0.310 e. The van der Waals surface area contributed by atoms with Gasteiger partial charge in [-0.2, -0.15) is 0 Å². The van der Waals surface area contributed by atoms with Gasteiger partial charge < -0.3 is 25.0 Å². The lowest BCUT2D eigenvalue weighted by Gasteiger charge is -2.34. The van der Waals surface area contributed by atoms with Gasteiger partial charge in [-0.3, -0.25) is 14.4 Å². The number of hydrogen-bond acceptors (Lipinski definition) is 6. The van der Waals surface area contributed by atoms with E-state index in [2.05, 4.69) is 31.0 Å². The molecule has 1 saturated heterocycles. The lowest BCUT2D eigenvalue weighted by Crippen LogP contribution is -2.51. The summed E-state index contributed by atoms with van der Waals surface area (Å²) in [7, 11) is 0. The molecule has 0 aromatic heterocycles. The highest BCUT2D eigenvalue weighted by Crippen LogP contribution is 2.47. The standard InChI is InChI=1S/C31H47N3O5/c1-7-11-21-12-17-25-27(26(21)31(38)39-10-4)30(37)34(24(19-35)18-20(5)6)28(25)29(36)32-22-13-15-23(16-14-22)33(8-2)9-3/h12-17,20-21,24-28,35H,7-11,18-19H2,1-6H3,(H,32,36)/t21-,24-,25+,26-,27+,28+/m1/s1. The summed E-state index contributed by atoms with van der Waals surface area (Å²) in [5.74, 6) is -2.72. The first-order valence-corrected chi connectivity index (χ1v) is 14.7. The van der Waals surface area contributed by atoms with Crippen LogP contribution in [-0.2, 0) is 19.1 Å². The van der Waals surface area contributed by atoms with Gasteiger partial charge in [0.1, 0.15) is 6.04 Å². The van der Waals surface area contributed by atoms with Crippen molar-refractivity contribution in [2.45, 2.75) is 72.9 Å². The van der Waals surface area contributed by atoms with Crippen molar-refractivity contribution in [3.63, 3.8) is 0 Å². The zero-order valence-corrected chi connectivity index (χ0v) is 24.4. The Labute approximate surface area is 233 Å². The molecule has 2 N–H and O–H groups in total. The van der Waals surface area contributed by atoms with E-state index in [1.807, 2.05) is 50.3 Å². The fourth-order valence-electron chi connectivity index (χ4n) is 6.39. The summed E-state index contributed by atoms with van der Waals surface area (Å²) in [5.41, 5.74) is 1.71. The Bertz CT molecular complexity index is 1000. The average molecular weight is 542 g/mol. The molecular weight excluding hydrogens is 494 g/mol. The molecule has 39 heavy (non-hydrogen) atoms. The van der Waals surface area contributed by atoms with Crippen molar-refractivity contribution in [2.24, 2.45) is 29.6 Å². The monoisotopic (exact) mass is 541 g/mol. The van der Waals surface area contributed by atoms with Gasteiger partial charge >= 0.3 is 5.97 Å². The van der Waals surface area contributed by atoms with E-state index in [9.17, 15) is 19.5 Å². The number of hydrogen-bond donors (Lipinski definition) is 2. The quantitative estimate of drug-likeness (QED) is 0.282. The van der Waals surface area contributed by atoms with Gasteiger partial charge in [-0.05, 0) is 69.7 Å². The molecule has 8 nitrogen and oxygen atoms in total. The van der Waals surface area contributed by atoms with Crippen molar-refractivity contribution >= 4 is 29.2 Å². The minimum absolute atomic E-state index is 0.131. The summed E-state index contributed by atoms with van der Waals surface area (Å²) in [6, 6.07) is 6.34. The molecule has 1 aliphatic carbocycles. The topological polar surface area (TPSA) is 99.2 Å². The number of esters is 1. The summed E-state index contributed by atoms with van der Waals surface area (Å²) in [6.07, 6.45) is 6.12. The number of nitrogens with one attached hydrogen (secondary N) is 1. The molecule has 0 bridgehead atoms. The van der Waals surface area contributed by atoms with Gasteiger partial charge in [-0.1, -0.05) is 39.3 Å². The Balaban J connectivity index is 2.00. The SMILES string of the molecule is CCC[C@@H]1C=C[C@H]2[C@H](C(=O)N([C@@H](CO)CC(C)C)[C@@H]2C(=O)Nc2ccc(N(CC)CC)cc2)[C@@H]1C(=O)OCC. The fraction of sp³-hybridized carbons (Fsp3) is 0.645. The molecule has 0 spiro atoms. The van der Waals surface area contributed by atoms with Crippen LogP contribution < -0.4 is 10.2 Å².